The number of aromatic hydroxyl groups is 2. The number of benzene rings is 1. The molecule has 7 atom stereocenters. The van der Waals surface area contributed by atoms with Crippen molar-refractivity contribution in [2.45, 2.75) is 78.2 Å². The van der Waals surface area contributed by atoms with Crippen LogP contribution in [0.4, 0.5) is 0 Å². The van der Waals surface area contributed by atoms with Crippen LogP contribution in [0.5, 0.6) is 11.5 Å². The monoisotopic (exact) mass is 438 g/mol. The Balaban J connectivity index is 1.67. The van der Waals surface area contributed by atoms with E-state index in [0.717, 1.165) is 43.2 Å². The molecule has 0 aliphatic heterocycles. The third kappa shape index (κ3) is 2.33. The van der Waals surface area contributed by atoms with Gasteiger partial charge >= 0.3 is 0 Å². The van der Waals surface area contributed by atoms with Crippen LogP contribution in [0.1, 0.15) is 82.6 Å². The zero-order valence-electron chi connectivity index (χ0n) is 19.7. The van der Waals surface area contributed by atoms with Gasteiger partial charge in [0.25, 0.3) is 0 Å². The largest absolute Gasteiger partial charge is 0.504 e. The van der Waals surface area contributed by atoms with Gasteiger partial charge < -0.3 is 15.3 Å². The molecular weight excluding hydrogens is 404 g/mol. The second-order valence-corrected chi connectivity index (χ2v) is 11.9. The maximum atomic E-state index is 13.2. The molecule has 0 unspecified atom stereocenters. The van der Waals surface area contributed by atoms with Gasteiger partial charge in [-0.2, -0.15) is 0 Å². The average Bonchev–Trinajstić information content (AvgIpc) is 2.74. The van der Waals surface area contributed by atoms with Gasteiger partial charge in [-0.25, -0.2) is 0 Å². The van der Waals surface area contributed by atoms with E-state index < -0.39 is 16.9 Å². The first kappa shape index (κ1) is 21.7. The van der Waals surface area contributed by atoms with Crippen molar-refractivity contribution >= 4 is 11.6 Å². The standard InChI is InChI=1S/C27H34O5/c1-14-10-20-25(3,23(32)22(14)31)7-9-27(5)21-13-17(28)15-11-18(29)19(30)12-16(15)24(21,2)6-8-26(20,27)4/h11-14,20,23,29-30,32H,6-10H2,1-5H3/t14-,20-,23-,24+,25-,26+,27-/m1/s1. The summed E-state index contributed by atoms with van der Waals surface area (Å²) in [5, 5.41) is 31.3. The topological polar surface area (TPSA) is 94.8 Å². The minimum Gasteiger partial charge on any atom is -0.504 e. The minimum atomic E-state index is -0.937. The number of hydrogen-bond acceptors (Lipinski definition) is 5. The van der Waals surface area contributed by atoms with Crippen molar-refractivity contribution in [1.82, 2.24) is 0 Å². The lowest BCUT2D eigenvalue weighted by molar-refractivity contribution is -0.190. The molecule has 172 valence electrons. The van der Waals surface area contributed by atoms with E-state index in [9.17, 15) is 24.9 Å². The number of Topliss-reactive ketones (excluding diaryl/α,β-unsaturated/α-hetero) is 1. The van der Waals surface area contributed by atoms with Gasteiger partial charge in [-0.3, -0.25) is 9.59 Å². The molecule has 0 aromatic heterocycles. The summed E-state index contributed by atoms with van der Waals surface area (Å²) < 4.78 is 0. The Bertz CT molecular complexity index is 1090. The van der Waals surface area contributed by atoms with E-state index in [2.05, 4.69) is 27.7 Å². The number of allylic oxidation sites excluding steroid dienone is 2. The molecule has 5 heteroatoms. The SMILES string of the molecule is C[C@@H]1C[C@@H]2[C@@](C)(CC[C@]3(C)C4=CC(=O)c5cc(O)c(O)cc5[C@]4(C)CC[C@@]23C)[C@H](O)C1=O. The van der Waals surface area contributed by atoms with E-state index in [1.54, 1.807) is 12.1 Å². The van der Waals surface area contributed by atoms with Crippen molar-refractivity contribution in [3.8, 4) is 11.5 Å². The van der Waals surface area contributed by atoms with Crippen LogP contribution in [0.25, 0.3) is 0 Å². The summed E-state index contributed by atoms with van der Waals surface area (Å²) in [5.74, 6) is -0.629. The number of carbonyl (C=O) groups excluding carboxylic acids is 2. The summed E-state index contributed by atoms with van der Waals surface area (Å²) in [4.78, 5) is 25.9. The first-order valence-electron chi connectivity index (χ1n) is 11.8. The van der Waals surface area contributed by atoms with E-state index in [1.165, 1.54) is 6.07 Å². The van der Waals surface area contributed by atoms with Crippen LogP contribution in [-0.2, 0) is 10.2 Å². The first-order valence-corrected chi connectivity index (χ1v) is 11.8. The first-order chi connectivity index (χ1) is 14.8. The van der Waals surface area contributed by atoms with E-state index in [1.807, 2.05) is 6.92 Å². The number of rotatable bonds is 0. The summed E-state index contributed by atoms with van der Waals surface area (Å²) in [6.45, 7) is 10.7. The second-order valence-electron chi connectivity index (χ2n) is 11.9. The maximum absolute atomic E-state index is 13.2. The molecule has 0 saturated heterocycles. The van der Waals surface area contributed by atoms with Crippen LogP contribution < -0.4 is 0 Å². The molecule has 0 heterocycles. The summed E-state index contributed by atoms with van der Waals surface area (Å²) in [5.41, 5.74) is 1.05. The molecular formula is C27H34O5. The molecule has 1 aromatic carbocycles. The van der Waals surface area contributed by atoms with Crippen LogP contribution in [-0.4, -0.2) is 33.0 Å². The van der Waals surface area contributed by atoms with E-state index in [4.69, 9.17) is 0 Å². The zero-order valence-corrected chi connectivity index (χ0v) is 19.7. The molecule has 0 amide bonds. The molecule has 0 spiro atoms. The Morgan fingerprint density at radius 3 is 2.28 bits per heavy atom. The Labute approximate surface area is 189 Å². The van der Waals surface area contributed by atoms with Crippen molar-refractivity contribution in [2.24, 2.45) is 28.1 Å². The Kier molecular flexibility index (Phi) is 4.24. The molecule has 4 aliphatic rings. The van der Waals surface area contributed by atoms with Gasteiger partial charge in [0, 0.05) is 22.3 Å². The van der Waals surface area contributed by atoms with Gasteiger partial charge in [-0.1, -0.05) is 34.6 Å². The number of fused-ring (bicyclic) bond motifs is 7. The van der Waals surface area contributed by atoms with E-state index in [0.29, 0.717) is 5.56 Å². The lowest BCUT2D eigenvalue weighted by Gasteiger charge is -2.69. The van der Waals surface area contributed by atoms with Crippen molar-refractivity contribution in [3.05, 3.63) is 34.9 Å². The van der Waals surface area contributed by atoms with E-state index >= 15 is 0 Å². The molecule has 3 fully saturated rings. The molecule has 0 radical (unpaired) electrons. The van der Waals surface area contributed by atoms with Gasteiger partial charge in [0.15, 0.2) is 23.1 Å². The van der Waals surface area contributed by atoms with Crippen LogP contribution >= 0.6 is 0 Å². The number of hydrogen-bond donors (Lipinski definition) is 3. The van der Waals surface area contributed by atoms with Crippen molar-refractivity contribution in [3.63, 3.8) is 0 Å². The molecule has 32 heavy (non-hydrogen) atoms. The fourth-order valence-electron chi connectivity index (χ4n) is 8.20. The highest BCUT2D eigenvalue weighted by Gasteiger charge is 2.68. The predicted molar refractivity (Wildman–Crippen MR) is 121 cm³/mol. The normalized spacial score (nSPS) is 45.3. The third-order valence-electron chi connectivity index (χ3n) is 10.5. The molecule has 3 saturated carbocycles. The van der Waals surface area contributed by atoms with Gasteiger partial charge in [0.05, 0.1) is 0 Å². The van der Waals surface area contributed by atoms with Crippen molar-refractivity contribution in [1.29, 1.82) is 0 Å². The number of carbonyl (C=O) groups is 2. The molecule has 5 rings (SSSR count). The molecule has 0 bridgehead atoms. The maximum Gasteiger partial charge on any atom is 0.186 e. The highest BCUT2D eigenvalue weighted by atomic mass is 16.3. The molecule has 5 nitrogen and oxygen atoms in total. The number of aliphatic hydroxyl groups excluding tert-OH is 1. The fraction of sp³-hybridized carbons (Fsp3) is 0.630. The minimum absolute atomic E-state index is 0.0344. The Morgan fingerprint density at radius 1 is 0.938 bits per heavy atom. The van der Waals surface area contributed by atoms with Crippen molar-refractivity contribution < 1.29 is 24.9 Å². The highest BCUT2D eigenvalue weighted by Crippen LogP contribution is 2.73. The third-order valence-corrected chi connectivity index (χ3v) is 10.5. The van der Waals surface area contributed by atoms with Gasteiger partial charge in [-0.15, -0.1) is 0 Å². The average molecular weight is 439 g/mol. The summed E-state index contributed by atoms with van der Waals surface area (Å²) >= 11 is 0. The lowest BCUT2D eigenvalue weighted by Crippen LogP contribution is -2.65. The molecule has 4 aliphatic carbocycles. The lowest BCUT2D eigenvalue weighted by atomic mass is 9.35. The zero-order chi connectivity index (χ0) is 23.4. The van der Waals surface area contributed by atoms with Crippen LogP contribution in [0.3, 0.4) is 0 Å². The molecule has 3 N–H and O–H groups in total. The van der Waals surface area contributed by atoms with Crippen molar-refractivity contribution in [2.75, 3.05) is 0 Å². The van der Waals surface area contributed by atoms with Crippen LogP contribution in [0.2, 0.25) is 0 Å². The van der Waals surface area contributed by atoms with Crippen LogP contribution in [0, 0.1) is 28.1 Å². The number of phenolic OH excluding ortho intramolecular Hbond substituents is 2. The summed E-state index contributed by atoms with van der Waals surface area (Å²) in [6, 6.07) is 2.96. The quantitative estimate of drug-likeness (QED) is 0.512. The van der Waals surface area contributed by atoms with Gasteiger partial charge in [-0.05, 0) is 78.2 Å². The highest BCUT2D eigenvalue weighted by molar-refractivity contribution is 6.09. The van der Waals surface area contributed by atoms with Gasteiger partial charge in [0.1, 0.15) is 6.10 Å². The van der Waals surface area contributed by atoms with Crippen LogP contribution in [0.15, 0.2) is 23.8 Å². The summed E-state index contributed by atoms with van der Waals surface area (Å²) in [7, 11) is 0. The predicted octanol–water partition coefficient (Wildman–Crippen LogP) is 4.67. The number of phenols is 2. The molecule has 1 aromatic rings. The Morgan fingerprint density at radius 2 is 1.59 bits per heavy atom. The smallest absolute Gasteiger partial charge is 0.186 e. The fourth-order valence-corrected chi connectivity index (χ4v) is 8.20. The number of aliphatic hydroxyl groups is 1. The Hall–Kier alpha value is -2.14. The number of ketones is 2. The van der Waals surface area contributed by atoms with Gasteiger partial charge in [0.2, 0.25) is 0 Å². The second kappa shape index (κ2) is 6.25. The summed E-state index contributed by atoms with van der Waals surface area (Å²) in [6.07, 6.45) is 4.85. The van der Waals surface area contributed by atoms with E-state index in [-0.39, 0.29) is 45.7 Å².